The van der Waals surface area contributed by atoms with Crippen LogP contribution in [0.25, 0.3) is 11.0 Å². The molecule has 0 aliphatic carbocycles. The van der Waals surface area contributed by atoms with Crippen molar-refractivity contribution in [2.75, 3.05) is 27.2 Å². The normalized spacial score (nSPS) is 20.5. The van der Waals surface area contributed by atoms with Crippen molar-refractivity contribution >= 4 is 11.0 Å². The average molecular weight is 287 g/mol. The first-order valence-electron chi connectivity index (χ1n) is 7.77. The van der Waals surface area contributed by atoms with Crippen LogP contribution in [0.3, 0.4) is 0 Å². The highest BCUT2D eigenvalue weighted by Gasteiger charge is 2.23. The molecule has 0 radical (unpaired) electrons. The highest BCUT2D eigenvalue weighted by Crippen LogP contribution is 2.27. The number of rotatable bonds is 4. The van der Waals surface area contributed by atoms with Gasteiger partial charge in [0.1, 0.15) is 11.3 Å². The van der Waals surface area contributed by atoms with Crippen molar-refractivity contribution < 1.29 is 4.42 Å². The number of benzene rings is 1. The molecule has 4 nitrogen and oxygen atoms in total. The number of likely N-dealkylation sites (tertiary alicyclic amines) is 1. The predicted octanol–water partition coefficient (Wildman–Crippen LogP) is 2.42. The molecule has 1 saturated heterocycles. The Kier molecular flexibility index (Phi) is 4.29. The lowest BCUT2D eigenvalue weighted by Gasteiger charge is -2.35. The molecule has 1 fully saturated rings. The number of para-hydroxylation sites is 1. The zero-order chi connectivity index (χ0) is 14.8. The molecular formula is C17H25N3O. The van der Waals surface area contributed by atoms with Crippen LogP contribution in [0.5, 0.6) is 0 Å². The summed E-state index contributed by atoms with van der Waals surface area (Å²) >= 11 is 0. The fourth-order valence-corrected chi connectivity index (χ4v) is 3.30. The third-order valence-electron chi connectivity index (χ3n) is 4.56. The fraction of sp³-hybridized carbons (Fsp3) is 0.529. The number of nitrogens with two attached hydrogens (primary N) is 1. The Morgan fingerprint density at radius 3 is 2.90 bits per heavy atom. The van der Waals surface area contributed by atoms with E-state index in [2.05, 4.69) is 30.0 Å². The second-order valence-electron chi connectivity index (χ2n) is 6.20. The number of piperidine rings is 1. The van der Waals surface area contributed by atoms with Gasteiger partial charge in [-0.15, -0.1) is 0 Å². The summed E-state index contributed by atoms with van der Waals surface area (Å²) in [7, 11) is 4.33. The van der Waals surface area contributed by atoms with Gasteiger partial charge >= 0.3 is 0 Å². The molecular weight excluding hydrogens is 262 g/mol. The fourth-order valence-electron chi connectivity index (χ4n) is 3.30. The standard InChI is InChI=1S/C17H25N3O/c1-19(2)13-6-5-9-20(11-13)12-17-15(10-18)14-7-3-4-8-16(14)21-17/h3-4,7-8,13H,5-6,9-12,18H2,1-2H3. The van der Waals surface area contributed by atoms with Crippen LogP contribution in [0.1, 0.15) is 24.2 Å². The van der Waals surface area contributed by atoms with Crippen molar-refractivity contribution in [3.05, 3.63) is 35.6 Å². The molecule has 1 aromatic heterocycles. The second kappa shape index (κ2) is 6.18. The first kappa shape index (κ1) is 14.6. The van der Waals surface area contributed by atoms with Crippen LogP contribution in [0, 0.1) is 0 Å². The minimum absolute atomic E-state index is 0.539. The maximum atomic E-state index is 6.05. The minimum Gasteiger partial charge on any atom is -0.459 e. The van der Waals surface area contributed by atoms with Crippen molar-refractivity contribution in [1.82, 2.24) is 9.80 Å². The van der Waals surface area contributed by atoms with Gasteiger partial charge < -0.3 is 15.1 Å². The van der Waals surface area contributed by atoms with Crippen LogP contribution in [-0.2, 0) is 13.1 Å². The average Bonchev–Trinajstić information content (AvgIpc) is 2.84. The van der Waals surface area contributed by atoms with Crippen LogP contribution < -0.4 is 5.73 Å². The largest absolute Gasteiger partial charge is 0.459 e. The van der Waals surface area contributed by atoms with Crippen LogP contribution in [-0.4, -0.2) is 43.0 Å². The Labute approximate surface area is 126 Å². The summed E-state index contributed by atoms with van der Waals surface area (Å²) in [4.78, 5) is 4.82. The summed E-state index contributed by atoms with van der Waals surface area (Å²) in [5, 5.41) is 1.16. The molecule has 2 aromatic rings. The monoisotopic (exact) mass is 287 g/mol. The lowest BCUT2D eigenvalue weighted by atomic mass is 10.0. The zero-order valence-electron chi connectivity index (χ0n) is 13.0. The van der Waals surface area contributed by atoms with E-state index in [-0.39, 0.29) is 0 Å². The summed E-state index contributed by atoms with van der Waals surface area (Å²) in [6, 6.07) is 8.83. The van der Waals surface area contributed by atoms with Crippen LogP contribution in [0.4, 0.5) is 0 Å². The quantitative estimate of drug-likeness (QED) is 0.938. The van der Waals surface area contributed by atoms with Gasteiger partial charge in [-0.25, -0.2) is 0 Å². The minimum atomic E-state index is 0.539. The van der Waals surface area contributed by atoms with E-state index in [9.17, 15) is 0 Å². The summed E-state index contributed by atoms with van der Waals surface area (Å²) in [6.45, 7) is 3.66. The number of likely N-dealkylation sites (N-methyl/N-ethyl adjacent to an activating group) is 1. The molecule has 3 rings (SSSR count). The Hall–Kier alpha value is -1.36. The summed E-state index contributed by atoms with van der Waals surface area (Å²) < 4.78 is 6.05. The van der Waals surface area contributed by atoms with Crippen molar-refractivity contribution in [1.29, 1.82) is 0 Å². The van der Waals surface area contributed by atoms with Crippen LogP contribution in [0.2, 0.25) is 0 Å². The van der Waals surface area contributed by atoms with Gasteiger partial charge in [0.25, 0.3) is 0 Å². The molecule has 2 heterocycles. The first-order chi connectivity index (χ1) is 10.2. The highest BCUT2D eigenvalue weighted by atomic mass is 16.3. The SMILES string of the molecule is CN(C)C1CCCN(Cc2oc3ccccc3c2CN)C1. The van der Waals surface area contributed by atoms with Gasteiger partial charge in [-0.05, 0) is 39.5 Å². The third kappa shape index (κ3) is 2.98. The maximum Gasteiger partial charge on any atom is 0.134 e. The van der Waals surface area contributed by atoms with E-state index in [4.69, 9.17) is 10.2 Å². The summed E-state index contributed by atoms with van der Waals surface area (Å²) in [5.41, 5.74) is 8.07. The third-order valence-corrected chi connectivity index (χ3v) is 4.56. The molecule has 4 heteroatoms. The molecule has 0 bridgehead atoms. The predicted molar refractivity (Wildman–Crippen MR) is 86.1 cm³/mol. The zero-order valence-corrected chi connectivity index (χ0v) is 13.0. The highest BCUT2D eigenvalue weighted by molar-refractivity contribution is 5.82. The first-order valence-corrected chi connectivity index (χ1v) is 7.77. The van der Waals surface area contributed by atoms with Gasteiger partial charge in [-0.1, -0.05) is 18.2 Å². The van der Waals surface area contributed by atoms with Gasteiger partial charge in [-0.2, -0.15) is 0 Å². The van der Waals surface area contributed by atoms with Gasteiger partial charge in [0.15, 0.2) is 0 Å². The topological polar surface area (TPSA) is 45.6 Å². The number of nitrogens with zero attached hydrogens (tertiary/aromatic N) is 2. The van der Waals surface area contributed by atoms with Gasteiger partial charge in [-0.3, -0.25) is 4.90 Å². The number of hydrogen-bond acceptors (Lipinski definition) is 4. The van der Waals surface area contributed by atoms with E-state index in [1.54, 1.807) is 0 Å². The Balaban J connectivity index is 1.81. The second-order valence-corrected chi connectivity index (χ2v) is 6.20. The molecule has 21 heavy (non-hydrogen) atoms. The molecule has 1 unspecified atom stereocenters. The molecule has 0 saturated carbocycles. The molecule has 2 N–H and O–H groups in total. The van der Waals surface area contributed by atoms with Gasteiger partial charge in [0.05, 0.1) is 6.54 Å². The molecule has 1 aliphatic rings. The Morgan fingerprint density at radius 2 is 2.14 bits per heavy atom. The number of furan rings is 1. The van der Waals surface area contributed by atoms with Crippen molar-refractivity contribution in [2.24, 2.45) is 5.73 Å². The lowest BCUT2D eigenvalue weighted by molar-refractivity contribution is 0.121. The molecule has 1 aromatic carbocycles. The van der Waals surface area contributed by atoms with Crippen molar-refractivity contribution in [2.45, 2.75) is 32.0 Å². The summed E-state index contributed by atoms with van der Waals surface area (Å²) in [6.07, 6.45) is 2.54. The maximum absolute atomic E-state index is 6.05. The molecule has 1 aliphatic heterocycles. The van der Waals surface area contributed by atoms with E-state index < -0.39 is 0 Å². The molecule has 1 atom stereocenters. The summed E-state index contributed by atoms with van der Waals surface area (Å²) in [5.74, 6) is 1.04. The number of fused-ring (bicyclic) bond motifs is 1. The van der Waals surface area contributed by atoms with E-state index in [0.717, 1.165) is 41.9 Å². The number of hydrogen-bond donors (Lipinski definition) is 1. The lowest BCUT2D eigenvalue weighted by Crippen LogP contribution is -2.44. The van der Waals surface area contributed by atoms with E-state index in [1.807, 2.05) is 18.2 Å². The van der Waals surface area contributed by atoms with Crippen LogP contribution in [0.15, 0.2) is 28.7 Å². The Bertz CT molecular complexity index is 605. The van der Waals surface area contributed by atoms with E-state index >= 15 is 0 Å². The van der Waals surface area contributed by atoms with Crippen LogP contribution >= 0.6 is 0 Å². The van der Waals surface area contributed by atoms with E-state index in [1.165, 1.54) is 12.8 Å². The van der Waals surface area contributed by atoms with E-state index in [0.29, 0.717) is 12.6 Å². The molecule has 0 spiro atoms. The van der Waals surface area contributed by atoms with Gasteiger partial charge in [0, 0.05) is 30.1 Å². The molecule has 0 amide bonds. The van der Waals surface area contributed by atoms with Gasteiger partial charge in [0.2, 0.25) is 0 Å². The van der Waals surface area contributed by atoms with Crippen molar-refractivity contribution in [3.63, 3.8) is 0 Å². The smallest absolute Gasteiger partial charge is 0.134 e. The Morgan fingerprint density at radius 1 is 1.33 bits per heavy atom. The van der Waals surface area contributed by atoms with Crippen molar-refractivity contribution in [3.8, 4) is 0 Å². The molecule has 114 valence electrons.